The number of azide groups is 1. The zero-order valence-electron chi connectivity index (χ0n) is 11.2. The van der Waals surface area contributed by atoms with Crippen LogP contribution in [0.2, 0.25) is 0 Å². The molecule has 1 aromatic heterocycles. The van der Waals surface area contributed by atoms with Crippen LogP contribution in [0.3, 0.4) is 0 Å². The average molecular weight is 318 g/mol. The van der Waals surface area contributed by atoms with Gasteiger partial charge in [0.2, 0.25) is 5.91 Å². The molecular weight excluding hydrogens is 308 g/mol. The molecule has 1 fully saturated rings. The van der Waals surface area contributed by atoms with Gasteiger partial charge in [0.15, 0.2) is 5.13 Å². The lowest BCUT2D eigenvalue weighted by Gasteiger charge is -2.11. The third-order valence-electron chi connectivity index (χ3n) is 3.41. The van der Waals surface area contributed by atoms with Crippen LogP contribution in [0, 0.1) is 16.0 Å². The lowest BCUT2D eigenvalue weighted by Crippen LogP contribution is -2.24. The molecule has 2 aromatic rings. The minimum atomic E-state index is -0.463. The number of rotatable bonds is 4. The maximum Gasteiger partial charge on any atom is 0.270 e. The molecule has 0 bridgehead atoms. The quantitative estimate of drug-likeness (QED) is 0.282. The van der Waals surface area contributed by atoms with Crippen molar-refractivity contribution in [3.8, 4) is 0 Å². The molecule has 1 amide bonds. The highest BCUT2D eigenvalue weighted by Crippen LogP contribution is 2.34. The Morgan fingerprint density at radius 1 is 1.59 bits per heavy atom. The first kappa shape index (κ1) is 14.2. The second-order valence-corrected chi connectivity index (χ2v) is 5.90. The fraction of sp³-hybridized carbons (Fsp3) is 0.333. The van der Waals surface area contributed by atoms with Crippen LogP contribution in [0.4, 0.5) is 10.8 Å². The topological polar surface area (TPSA) is 125 Å². The number of hydrogen-bond donors (Lipinski definition) is 0. The van der Waals surface area contributed by atoms with Crippen molar-refractivity contribution in [1.29, 1.82) is 0 Å². The Balaban J connectivity index is 1.88. The Labute approximate surface area is 128 Å². The van der Waals surface area contributed by atoms with Crippen molar-refractivity contribution in [2.45, 2.75) is 6.42 Å². The van der Waals surface area contributed by atoms with E-state index in [1.807, 2.05) is 0 Å². The summed E-state index contributed by atoms with van der Waals surface area (Å²) in [4.78, 5) is 31.0. The largest absolute Gasteiger partial charge is 0.288 e. The number of non-ortho nitro benzene ring substituents is 1. The highest BCUT2D eigenvalue weighted by atomic mass is 32.1. The lowest BCUT2D eigenvalue weighted by molar-refractivity contribution is -0.384. The molecule has 2 heterocycles. The molecule has 10 heteroatoms. The Kier molecular flexibility index (Phi) is 3.61. The molecule has 0 aliphatic carbocycles. The first-order chi connectivity index (χ1) is 10.6. The zero-order valence-corrected chi connectivity index (χ0v) is 12.1. The normalized spacial score (nSPS) is 17.7. The van der Waals surface area contributed by atoms with E-state index in [4.69, 9.17) is 5.53 Å². The van der Waals surface area contributed by atoms with Crippen LogP contribution in [0.5, 0.6) is 0 Å². The van der Waals surface area contributed by atoms with Crippen molar-refractivity contribution >= 4 is 38.3 Å². The van der Waals surface area contributed by atoms with Crippen molar-refractivity contribution in [2.75, 3.05) is 18.0 Å². The SMILES string of the molecule is [N-]=[N+]=NCC1CC(=O)N(c2nc3ccc([N+](=O)[O-])cc3s2)C1. The number of anilines is 1. The summed E-state index contributed by atoms with van der Waals surface area (Å²) < 4.78 is 0.662. The van der Waals surface area contributed by atoms with Crippen LogP contribution < -0.4 is 4.90 Å². The Hall–Kier alpha value is -2.71. The molecule has 1 unspecified atom stereocenters. The van der Waals surface area contributed by atoms with Gasteiger partial charge in [-0.1, -0.05) is 16.5 Å². The molecule has 1 saturated heterocycles. The van der Waals surface area contributed by atoms with Gasteiger partial charge in [0.05, 0.1) is 15.1 Å². The maximum absolute atomic E-state index is 12.0. The van der Waals surface area contributed by atoms with Gasteiger partial charge in [-0.3, -0.25) is 19.8 Å². The molecule has 1 aliphatic heterocycles. The van der Waals surface area contributed by atoms with Gasteiger partial charge in [0.25, 0.3) is 5.69 Å². The second kappa shape index (κ2) is 5.58. The van der Waals surface area contributed by atoms with Crippen LogP contribution in [0.25, 0.3) is 20.7 Å². The van der Waals surface area contributed by atoms with Crippen molar-refractivity contribution in [2.24, 2.45) is 11.0 Å². The van der Waals surface area contributed by atoms with Gasteiger partial charge in [0.1, 0.15) is 0 Å². The van der Waals surface area contributed by atoms with E-state index in [-0.39, 0.29) is 24.1 Å². The highest BCUT2D eigenvalue weighted by Gasteiger charge is 2.32. The van der Waals surface area contributed by atoms with Gasteiger partial charge < -0.3 is 0 Å². The molecular formula is C12H10N6O3S. The summed E-state index contributed by atoms with van der Waals surface area (Å²) in [6.07, 6.45) is 0.315. The predicted molar refractivity (Wildman–Crippen MR) is 80.7 cm³/mol. The number of nitro groups is 1. The third-order valence-corrected chi connectivity index (χ3v) is 4.45. The molecule has 22 heavy (non-hydrogen) atoms. The molecule has 0 spiro atoms. The predicted octanol–water partition coefficient (Wildman–Crippen LogP) is 2.87. The van der Waals surface area contributed by atoms with Crippen LogP contribution in [0.15, 0.2) is 23.3 Å². The van der Waals surface area contributed by atoms with Gasteiger partial charge in [0, 0.05) is 36.6 Å². The Morgan fingerprint density at radius 2 is 2.41 bits per heavy atom. The van der Waals surface area contributed by atoms with Crippen molar-refractivity contribution in [3.63, 3.8) is 0 Å². The lowest BCUT2D eigenvalue weighted by atomic mass is 10.1. The van der Waals surface area contributed by atoms with Gasteiger partial charge in [-0.25, -0.2) is 4.98 Å². The van der Waals surface area contributed by atoms with Gasteiger partial charge in [-0.05, 0) is 17.5 Å². The Bertz CT molecular complexity index is 812. The second-order valence-electron chi connectivity index (χ2n) is 4.89. The van der Waals surface area contributed by atoms with Crippen molar-refractivity contribution in [3.05, 3.63) is 38.8 Å². The molecule has 0 radical (unpaired) electrons. The fourth-order valence-corrected chi connectivity index (χ4v) is 3.40. The van der Waals surface area contributed by atoms with Crippen LogP contribution in [-0.2, 0) is 4.79 Å². The van der Waals surface area contributed by atoms with Crippen LogP contribution >= 0.6 is 11.3 Å². The van der Waals surface area contributed by atoms with E-state index in [0.29, 0.717) is 28.3 Å². The molecule has 1 aromatic carbocycles. The maximum atomic E-state index is 12.0. The number of hydrogen-bond acceptors (Lipinski definition) is 6. The number of fused-ring (bicyclic) bond motifs is 1. The van der Waals surface area contributed by atoms with Crippen molar-refractivity contribution in [1.82, 2.24) is 4.98 Å². The summed E-state index contributed by atoms with van der Waals surface area (Å²) in [5.41, 5.74) is 8.96. The third kappa shape index (κ3) is 2.57. The average Bonchev–Trinajstić information content (AvgIpc) is 3.07. The molecule has 0 N–H and O–H groups in total. The van der Waals surface area contributed by atoms with Crippen LogP contribution in [-0.4, -0.2) is 28.9 Å². The smallest absolute Gasteiger partial charge is 0.270 e. The van der Waals surface area contributed by atoms with E-state index in [2.05, 4.69) is 15.0 Å². The molecule has 1 atom stereocenters. The van der Waals surface area contributed by atoms with E-state index in [9.17, 15) is 14.9 Å². The van der Waals surface area contributed by atoms with E-state index >= 15 is 0 Å². The van der Waals surface area contributed by atoms with Crippen molar-refractivity contribution < 1.29 is 9.72 Å². The number of thiazole rings is 1. The summed E-state index contributed by atoms with van der Waals surface area (Å²) in [7, 11) is 0. The van der Waals surface area contributed by atoms with Gasteiger partial charge in [-0.2, -0.15) is 0 Å². The number of aromatic nitrogens is 1. The molecule has 0 saturated carbocycles. The molecule has 1 aliphatic rings. The van der Waals surface area contributed by atoms with E-state index in [1.54, 1.807) is 11.0 Å². The number of carbonyl (C=O) groups is 1. The number of amides is 1. The first-order valence-electron chi connectivity index (χ1n) is 6.44. The minimum Gasteiger partial charge on any atom is -0.288 e. The van der Waals surface area contributed by atoms with E-state index in [1.165, 1.54) is 23.5 Å². The van der Waals surface area contributed by atoms with E-state index < -0.39 is 4.92 Å². The van der Waals surface area contributed by atoms with Crippen LogP contribution in [0.1, 0.15) is 6.42 Å². The van der Waals surface area contributed by atoms with E-state index in [0.717, 1.165) is 0 Å². The number of nitro benzene ring substituents is 1. The zero-order chi connectivity index (χ0) is 15.7. The Morgan fingerprint density at radius 3 is 3.14 bits per heavy atom. The summed E-state index contributed by atoms with van der Waals surface area (Å²) in [5.74, 6) is -0.101. The fourth-order valence-electron chi connectivity index (χ4n) is 2.37. The minimum absolute atomic E-state index is 0.00307. The van der Waals surface area contributed by atoms with Gasteiger partial charge in [-0.15, -0.1) is 0 Å². The summed E-state index contributed by atoms with van der Waals surface area (Å²) in [6, 6.07) is 4.42. The summed E-state index contributed by atoms with van der Waals surface area (Å²) in [5, 5.41) is 14.8. The number of carbonyl (C=O) groups excluding carboxylic acids is 1. The number of benzene rings is 1. The molecule has 112 valence electrons. The monoisotopic (exact) mass is 318 g/mol. The first-order valence-corrected chi connectivity index (χ1v) is 7.26. The standard InChI is InChI=1S/C12H10N6O3S/c13-16-14-5-7-3-11(19)17(6-7)12-15-9-2-1-8(18(20)21)4-10(9)22-12/h1-2,4,7H,3,5-6H2. The highest BCUT2D eigenvalue weighted by molar-refractivity contribution is 7.22. The summed E-state index contributed by atoms with van der Waals surface area (Å²) >= 11 is 1.24. The molecule has 9 nitrogen and oxygen atoms in total. The van der Waals surface area contributed by atoms with Gasteiger partial charge >= 0.3 is 0 Å². The summed E-state index contributed by atoms with van der Waals surface area (Å²) in [6.45, 7) is 0.717. The number of nitrogens with zero attached hydrogens (tertiary/aromatic N) is 6. The molecule has 3 rings (SSSR count).